The predicted molar refractivity (Wildman–Crippen MR) is 76.7 cm³/mol. The number of rotatable bonds is 5. The van der Waals surface area contributed by atoms with Crippen LogP contribution in [0, 0.1) is 6.92 Å². The maximum atomic E-state index is 11.0. The van der Waals surface area contributed by atoms with E-state index in [0.717, 1.165) is 11.1 Å². The average Bonchev–Trinajstić information content (AvgIpc) is 2.42. The average molecular weight is 254 g/mol. The molecule has 3 heteroatoms. The molecule has 2 aromatic rings. The Bertz CT molecular complexity index is 534. The van der Waals surface area contributed by atoms with E-state index in [2.05, 4.69) is 36.5 Å². The number of nitrogens with two attached hydrogens (primary N) is 1. The Balaban J connectivity index is 2.28. The molecule has 0 saturated carbocycles. The molecule has 98 valence electrons. The minimum absolute atomic E-state index is 0.0192. The molecule has 3 nitrogen and oxygen atoms in total. The maximum Gasteiger partial charge on any atom is 0.231 e. The molecule has 0 bridgehead atoms. The van der Waals surface area contributed by atoms with Crippen LogP contribution in [-0.4, -0.2) is 12.5 Å². The molecule has 0 unspecified atom stereocenters. The Hall–Kier alpha value is -2.13. The number of primary amides is 1. The van der Waals surface area contributed by atoms with E-state index in [1.54, 1.807) is 0 Å². The minimum atomic E-state index is -0.354. The molecule has 19 heavy (non-hydrogen) atoms. The first-order valence-electron chi connectivity index (χ1n) is 6.30. The van der Waals surface area contributed by atoms with Crippen LogP contribution in [0.1, 0.15) is 22.7 Å². The van der Waals surface area contributed by atoms with Crippen LogP contribution < -0.4 is 11.1 Å². The van der Waals surface area contributed by atoms with Gasteiger partial charge in [-0.3, -0.25) is 10.1 Å². The second-order valence-corrected chi connectivity index (χ2v) is 4.60. The van der Waals surface area contributed by atoms with Crippen molar-refractivity contribution in [1.82, 2.24) is 5.32 Å². The van der Waals surface area contributed by atoms with Crippen LogP contribution in [0.4, 0.5) is 0 Å². The van der Waals surface area contributed by atoms with Crippen LogP contribution in [0.3, 0.4) is 0 Å². The van der Waals surface area contributed by atoms with Gasteiger partial charge in [0.15, 0.2) is 0 Å². The summed E-state index contributed by atoms with van der Waals surface area (Å²) >= 11 is 0. The molecule has 3 N–H and O–H groups in total. The zero-order valence-electron chi connectivity index (χ0n) is 11.0. The van der Waals surface area contributed by atoms with Gasteiger partial charge in [0.05, 0.1) is 12.6 Å². The molecule has 0 aliphatic rings. The van der Waals surface area contributed by atoms with Gasteiger partial charge in [-0.25, -0.2) is 0 Å². The fourth-order valence-corrected chi connectivity index (χ4v) is 2.04. The third kappa shape index (κ3) is 3.66. The molecule has 1 amide bonds. The van der Waals surface area contributed by atoms with Crippen molar-refractivity contribution in [3.63, 3.8) is 0 Å². The lowest BCUT2D eigenvalue weighted by Crippen LogP contribution is -2.32. The summed E-state index contributed by atoms with van der Waals surface area (Å²) < 4.78 is 0. The summed E-state index contributed by atoms with van der Waals surface area (Å²) in [6.07, 6.45) is 0. The first-order valence-corrected chi connectivity index (χ1v) is 6.30. The van der Waals surface area contributed by atoms with Gasteiger partial charge in [-0.1, -0.05) is 60.2 Å². The van der Waals surface area contributed by atoms with Gasteiger partial charge in [0.25, 0.3) is 0 Å². The number of aryl methyl sites for hydroxylation is 1. The lowest BCUT2D eigenvalue weighted by molar-refractivity contribution is -0.117. The zero-order valence-corrected chi connectivity index (χ0v) is 11.0. The third-order valence-corrected chi connectivity index (χ3v) is 3.02. The summed E-state index contributed by atoms with van der Waals surface area (Å²) in [4.78, 5) is 11.0. The van der Waals surface area contributed by atoms with Gasteiger partial charge in [-0.2, -0.15) is 0 Å². The molecule has 0 aliphatic carbocycles. The van der Waals surface area contributed by atoms with E-state index in [4.69, 9.17) is 5.73 Å². The van der Waals surface area contributed by atoms with Crippen molar-refractivity contribution >= 4 is 5.91 Å². The fourth-order valence-electron chi connectivity index (χ4n) is 2.04. The SMILES string of the molecule is Cc1ccc([C@@H](NCC(N)=O)c2ccccc2)cc1. The standard InChI is InChI=1S/C16H18N2O/c1-12-7-9-14(10-8-12)16(18-11-15(17)19)13-5-3-2-4-6-13/h2-10,16,18H,11H2,1H3,(H2,17,19)/t16-/m0/s1. The molecule has 0 aliphatic heterocycles. The lowest BCUT2D eigenvalue weighted by atomic mass is 9.98. The lowest BCUT2D eigenvalue weighted by Gasteiger charge is -2.19. The molecule has 0 heterocycles. The van der Waals surface area contributed by atoms with Crippen LogP contribution in [0.5, 0.6) is 0 Å². The number of hydrogen-bond acceptors (Lipinski definition) is 2. The highest BCUT2D eigenvalue weighted by molar-refractivity contribution is 5.76. The number of carbonyl (C=O) groups is 1. The van der Waals surface area contributed by atoms with Crippen molar-refractivity contribution in [2.75, 3.05) is 6.54 Å². The Kier molecular flexibility index (Phi) is 4.31. The highest BCUT2D eigenvalue weighted by atomic mass is 16.1. The monoisotopic (exact) mass is 254 g/mol. The molecule has 0 fully saturated rings. The first kappa shape index (κ1) is 13.3. The van der Waals surface area contributed by atoms with E-state index < -0.39 is 0 Å². The van der Waals surface area contributed by atoms with E-state index in [1.165, 1.54) is 5.56 Å². The first-order chi connectivity index (χ1) is 9.16. The quantitative estimate of drug-likeness (QED) is 0.859. The van der Waals surface area contributed by atoms with E-state index in [0.29, 0.717) is 0 Å². The molecule has 0 spiro atoms. The molecule has 2 aromatic carbocycles. The molecule has 0 saturated heterocycles. The number of benzene rings is 2. The van der Waals surface area contributed by atoms with Crippen molar-refractivity contribution < 1.29 is 4.79 Å². The normalized spacial score (nSPS) is 12.1. The van der Waals surface area contributed by atoms with Gasteiger partial charge in [0, 0.05) is 0 Å². The van der Waals surface area contributed by atoms with Crippen molar-refractivity contribution in [2.45, 2.75) is 13.0 Å². The molecule has 0 aromatic heterocycles. The van der Waals surface area contributed by atoms with Crippen molar-refractivity contribution in [2.24, 2.45) is 5.73 Å². The van der Waals surface area contributed by atoms with Crippen molar-refractivity contribution in [1.29, 1.82) is 0 Å². The van der Waals surface area contributed by atoms with Gasteiger partial charge in [-0.15, -0.1) is 0 Å². The van der Waals surface area contributed by atoms with Gasteiger partial charge >= 0.3 is 0 Å². The van der Waals surface area contributed by atoms with Crippen LogP contribution in [0.25, 0.3) is 0 Å². The second kappa shape index (κ2) is 6.16. The van der Waals surface area contributed by atoms with Crippen LogP contribution >= 0.6 is 0 Å². The topological polar surface area (TPSA) is 55.1 Å². The van der Waals surface area contributed by atoms with E-state index >= 15 is 0 Å². The van der Waals surface area contributed by atoms with Crippen LogP contribution in [0.2, 0.25) is 0 Å². The Morgan fingerprint density at radius 1 is 1.05 bits per heavy atom. The molecule has 2 rings (SSSR count). The third-order valence-electron chi connectivity index (χ3n) is 3.02. The summed E-state index contributed by atoms with van der Waals surface area (Å²) in [5.41, 5.74) is 8.67. The number of hydrogen-bond donors (Lipinski definition) is 2. The highest BCUT2D eigenvalue weighted by Gasteiger charge is 2.13. The predicted octanol–water partition coefficient (Wildman–Crippen LogP) is 2.16. The van der Waals surface area contributed by atoms with E-state index in [-0.39, 0.29) is 18.5 Å². The van der Waals surface area contributed by atoms with Crippen molar-refractivity contribution in [3.05, 3.63) is 71.3 Å². The number of amides is 1. The Morgan fingerprint density at radius 3 is 2.21 bits per heavy atom. The summed E-state index contributed by atoms with van der Waals surface area (Å²) in [5.74, 6) is -0.354. The van der Waals surface area contributed by atoms with E-state index in [1.807, 2.05) is 30.3 Å². The van der Waals surface area contributed by atoms with Gasteiger partial charge in [0.2, 0.25) is 5.91 Å². The largest absolute Gasteiger partial charge is 0.369 e. The maximum absolute atomic E-state index is 11.0. The van der Waals surface area contributed by atoms with Crippen molar-refractivity contribution in [3.8, 4) is 0 Å². The number of carbonyl (C=O) groups excluding carboxylic acids is 1. The molecule has 0 radical (unpaired) electrons. The molecule has 1 atom stereocenters. The second-order valence-electron chi connectivity index (χ2n) is 4.60. The fraction of sp³-hybridized carbons (Fsp3) is 0.188. The smallest absolute Gasteiger partial charge is 0.231 e. The van der Waals surface area contributed by atoms with Crippen LogP contribution in [0.15, 0.2) is 54.6 Å². The summed E-state index contributed by atoms with van der Waals surface area (Å²) in [6, 6.07) is 18.3. The summed E-state index contributed by atoms with van der Waals surface area (Å²) in [7, 11) is 0. The van der Waals surface area contributed by atoms with Gasteiger partial charge in [0.1, 0.15) is 0 Å². The Labute approximate surface area is 113 Å². The molecular formula is C16H18N2O. The number of nitrogens with one attached hydrogen (secondary N) is 1. The van der Waals surface area contributed by atoms with Gasteiger partial charge in [-0.05, 0) is 18.1 Å². The minimum Gasteiger partial charge on any atom is -0.369 e. The van der Waals surface area contributed by atoms with Crippen LogP contribution in [-0.2, 0) is 4.79 Å². The molecular weight excluding hydrogens is 236 g/mol. The van der Waals surface area contributed by atoms with Gasteiger partial charge < -0.3 is 5.73 Å². The highest BCUT2D eigenvalue weighted by Crippen LogP contribution is 2.21. The Morgan fingerprint density at radius 2 is 1.63 bits per heavy atom. The summed E-state index contributed by atoms with van der Waals surface area (Å²) in [6.45, 7) is 2.21. The zero-order chi connectivity index (χ0) is 13.7. The van der Waals surface area contributed by atoms with E-state index in [9.17, 15) is 4.79 Å². The summed E-state index contributed by atoms with van der Waals surface area (Å²) in [5, 5.41) is 3.20.